The Kier molecular flexibility index (Phi) is 10.3. The molecule has 0 spiro atoms. The standard InChI is InChI=1S/C30H50N6O4/c1-22(2)29(3)9-5-23(6-10-29)19-25(26(37)34-30(21-31)11-12-30)32-27(36-15-17-39-18-16-36)33-28(38)40-20-24-7-13-35(4)14-8-24/h22-25H,5-20H2,1-4H3,(H,34,37)(H,32,33,38). The molecule has 0 aromatic carbocycles. The number of amides is 2. The number of hydrogen-bond donors (Lipinski definition) is 2. The second-order valence-corrected chi connectivity index (χ2v) is 13.2. The van der Waals surface area contributed by atoms with Crippen molar-refractivity contribution in [2.45, 2.75) is 90.1 Å². The molecule has 4 fully saturated rings. The molecule has 2 amide bonds. The minimum atomic E-state index is -0.771. The van der Waals surface area contributed by atoms with Crippen LogP contribution in [0.15, 0.2) is 4.99 Å². The minimum Gasteiger partial charge on any atom is -0.449 e. The highest BCUT2D eigenvalue weighted by molar-refractivity contribution is 5.96. The molecule has 0 bridgehead atoms. The summed E-state index contributed by atoms with van der Waals surface area (Å²) in [5.74, 6) is 1.47. The van der Waals surface area contributed by atoms with Crippen molar-refractivity contribution in [3.05, 3.63) is 0 Å². The average Bonchev–Trinajstić information content (AvgIpc) is 3.73. The summed E-state index contributed by atoms with van der Waals surface area (Å²) in [4.78, 5) is 35.7. The van der Waals surface area contributed by atoms with Crippen LogP contribution in [-0.4, -0.2) is 92.4 Å². The van der Waals surface area contributed by atoms with E-state index < -0.39 is 17.7 Å². The van der Waals surface area contributed by atoms with E-state index in [4.69, 9.17) is 14.5 Å². The van der Waals surface area contributed by atoms with E-state index >= 15 is 0 Å². The van der Waals surface area contributed by atoms with E-state index in [0.717, 1.165) is 51.6 Å². The van der Waals surface area contributed by atoms with Gasteiger partial charge >= 0.3 is 6.09 Å². The molecule has 2 saturated heterocycles. The van der Waals surface area contributed by atoms with Gasteiger partial charge in [-0.1, -0.05) is 20.8 Å². The van der Waals surface area contributed by atoms with Crippen molar-refractivity contribution in [2.24, 2.45) is 28.2 Å². The highest BCUT2D eigenvalue weighted by atomic mass is 16.5. The van der Waals surface area contributed by atoms with Gasteiger partial charge in [0.25, 0.3) is 0 Å². The van der Waals surface area contributed by atoms with Crippen LogP contribution in [0.25, 0.3) is 0 Å². The number of carbonyl (C=O) groups excluding carboxylic acids is 2. The van der Waals surface area contributed by atoms with E-state index in [-0.39, 0.29) is 5.91 Å². The first kappa shape index (κ1) is 30.6. The molecule has 40 heavy (non-hydrogen) atoms. The van der Waals surface area contributed by atoms with Crippen molar-refractivity contribution < 1.29 is 19.1 Å². The molecule has 2 heterocycles. The second-order valence-electron chi connectivity index (χ2n) is 13.2. The number of nitrogens with zero attached hydrogens (tertiary/aromatic N) is 4. The van der Waals surface area contributed by atoms with Crippen LogP contribution >= 0.6 is 0 Å². The Morgan fingerprint density at radius 1 is 1.05 bits per heavy atom. The van der Waals surface area contributed by atoms with Crippen LogP contribution in [0.2, 0.25) is 0 Å². The quantitative estimate of drug-likeness (QED) is 0.346. The molecule has 1 atom stereocenters. The van der Waals surface area contributed by atoms with Gasteiger partial charge in [0, 0.05) is 13.1 Å². The van der Waals surface area contributed by atoms with E-state index in [0.29, 0.717) is 81.3 Å². The van der Waals surface area contributed by atoms with Crippen molar-refractivity contribution in [1.29, 1.82) is 5.26 Å². The first-order chi connectivity index (χ1) is 19.1. The van der Waals surface area contributed by atoms with Crippen LogP contribution in [0.1, 0.15) is 78.6 Å². The molecule has 4 rings (SSSR count). The van der Waals surface area contributed by atoms with E-state index in [1.165, 1.54) is 0 Å². The summed E-state index contributed by atoms with van der Waals surface area (Å²) in [5.41, 5.74) is -0.443. The average molecular weight is 559 g/mol. The van der Waals surface area contributed by atoms with Crippen LogP contribution in [0.4, 0.5) is 4.79 Å². The summed E-state index contributed by atoms with van der Waals surface area (Å²) in [7, 11) is 2.11. The molecule has 2 N–H and O–H groups in total. The van der Waals surface area contributed by atoms with Gasteiger partial charge in [0.15, 0.2) is 0 Å². The van der Waals surface area contributed by atoms with Crippen LogP contribution in [0, 0.1) is 34.5 Å². The van der Waals surface area contributed by atoms with E-state index in [1.54, 1.807) is 0 Å². The maximum Gasteiger partial charge on any atom is 0.413 e. The number of nitrogens with one attached hydrogen (secondary N) is 2. The van der Waals surface area contributed by atoms with Gasteiger partial charge < -0.3 is 24.6 Å². The maximum absolute atomic E-state index is 13.6. The Morgan fingerprint density at radius 3 is 2.27 bits per heavy atom. The molecule has 0 aromatic heterocycles. The molecule has 0 aromatic rings. The van der Waals surface area contributed by atoms with E-state index in [2.05, 4.69) is 49.4 Å². The number of carbonyl (C=O) groups is 2. The molecule has 2 aliphatic heterocycles. The molecule has 4 aliphatic rings. The van der Waals surface area contributed by atoms with Crippen molar-refractivity contribution in [3.8, 4) is 6.07 Å². The van der Waals surface area contributed by atoms with Gasteiger partial charge in [0.1, 0.15) is 11.6 Å². The number of aliphatic imine (C=N–C) groups is 1. The highest BCUT2D eigenvalue weighted by Crippen LogP contribution is 2.45. The Bertz CT molecular complexity index is 936. The fourth-order valence-electron chi connectivity index (χ4n) is 6.06. The van der Waals surface area contributed by atoms with Crippen molar-refractivity contribution in [3.63, 3.8) is 0 Å². The van der Waals surface area contributed by atoms with Gasteiger partial charge in [-0.15, -0.1) is 0 Å². The first-order valence-electron chi connectivity index (χ1n) is 15.4. The van der Waals surface area contributed by atoms with Gasteiger partial charge in [0.2, 0.25) is 11.9 Å². The van der Waals surface area contributed by atoms with Gasteiger partial charge in [-0.3, -0.25) is 10.1 Å². The molecule has 224 valence electrons. The Morgan fingerprint density at radius 2 is 1.70 bits per heavy atom. The molecule has 2 saturated carbocycles. The monoisotopic (exact) mass is 558 g/mol. The number of alkyl carbamates (subject to hydrolysis) is 1. The summed E-state index contributed by atoms with van der Waals surface area (Å²) in [6.45, 7) is 11.5. The number of hydrogen-bond acceptors (Lipinski definition) is 7. The lowest BCUT2D eigenvalue weighted by Gasteiger charge is -2.41. The number of ether oxygens (including phenoxy) is 2. The summed E-state index contributed by atoms with van der Waals surface area (Å²) in [6.07, 6.45) is 7.78. The Hall–Kier alpha value is -2.38. The highest BCUT2D eigenvalue weighted by Gasteiger charge is 2.46. The second kappa shape index (κ2) is 13.5. The smallest absolute Gasteiger partial charge is 0.413 e. The third-order valence-electron chi connectivity index (χ3n) is 9.92. The number of nitriles is 1. The first-order valence-corrected chi connectivity index (χ1v) is 15.4. The van der Waals surface area contributed by atoms with Gasteiger partial charge in [-0.05, 0) is 101 Å². The molecule has 10 heteroatoms. The van der Waals surface area contributed by atoms with Crippen molar-refractivity contribution in [1.82, 2.24) is 20.4 Å². The zero-order chi connectivity index (χ0) is 28.8. The number of likely N-dealkylation sites (tertiary alicyclic amines) is 1. The fraction of sp³-hybridized carbons (Fsp3) is 0.867. The largest absolute Gasteiger partial charge is 0.449 e. The predicted molar refractivity (Wildman–Crippen MR) is 154 cm³/mol. The maximum atomic E-state index is 13.6. The number of morpholine rings is 1. The molecule has 1 unspecified atom stereocenters. The Balaban J connectivity index is 1.47. The minimum absolute atomic E-state index is 0.233. The molecular weight excluding hydrogens is 508 g/mol. The summed E-state index contributed by atoms with van der Waals surface area (Å²) in [5, 5.41) is 15.5. The summed E-state index contributed by atoms with van der Waals surface area (Å²) in [6, 6.07) is 1.58. The predicted octanol–water partition coefficient (Wildman–Crippen LogP) is 3.53. The third kappa shape index (κ3) is 8.32. The lowest BCUT2D eigenvalue weighted by Crippen LogP contribution is -2.51. The van der Waals surface area contributed by atoms with Crippen molar-refractivity contribution >= 4 is 18.0 Å². The molecule has 0 radical (unpaired) electrons. The van der Waals surface area contributed by atoms with E-state index in [9.17, 15) is 14.9 Å². The van der Waals surface area contributed by atoms with E-state index in [1.807, 2.05) is 4.90 Å². The summed E-state index contributed by atoms with van der Waals surface area (Å²) < 4.78 is 11.2. The normalized spacial score (nSPS) is 28.4. The number of rotatable bonds is 8. The van der Waals surface area contributed by atoms with Gasteiger partial charge in [-0.2, -0.15) is 5.26 Å². The molecule has 2 aliphatic carbocycles. The molecule has 10 nitrogen and oxygen atoms in total. The zero-order valence-corrected chi connectivity index (χ0v) is 25.0. The Labute approximate surface area is 240 Å². The third-order valence-corrected chi connectivity index (χ3v) is 9.92. The van der Waals surface area contributed by atoms with Crippen LogP contribution in [0.3, 0.4) is 0 Å². The van der Waals surface area contributed by atoms with Crippen LogP contribution in [-0.2, 0) is 14.3 Å². The summed E-state index contributed by atoms with van der Waals surface area (Å²) >= 11 is 0. The topological polar surface area (TPSA) is 119 Å². The lowest BCUT2D eigenvalue weighted by atomic mass is 9.65. The van der Waals surface area contributed by atoms with Gasteiger partial charge in [-0.25, -0.2) is 9.79 Å². The number of piperidine rings is 1. The molecular formula is C30H50N6O4. The van der Waals surface area contributed by atoms with Crippen LogP contribution in [0.5, 0.6) is 0 Å². The van der Waals surface area contributed by atoms with Crippen molar-refractivity contribution in [2.75, 3.05) is 53.0 Å². The lowest BCUT2D eigenvalue weighted by molar-refractivity contribution is -0.123. The SMILES string of the molecule is CC(C)C1(C)CCC(CC(N=C(NC(=O)OCC2CCN(C)CC2)N2CCOCC2)C(=O)NC2(C#N)CC2)CC1. The zero-order valence-electron chi connectivity index (χ0n) is 25.0. The number of guanidine groups is 1. The van der Waals surface area contributed by atoms with Gasteiger partial charge in [0.05, 0.1) is 25.9 Å². The fourth-order valence-corrected chi connectivity index (χ4v) is 6.06. The van der Waals surface area contributed by atoms with Crippen LogP contribution < -0.4 is 10.6 Å².